The molecular formula is C19H16O2. The minimum atomic E-state index is 0.250. The number of aryl methyl sites for hydroxylation is 1. The van der Waals surface area contributed by atoms with Gasteiger partial charge in [-0.3, -0.25) is 0 Å². The van der Waals surface area contributed by atoms with Crippen molar-refractivity contribution >= 4 is 0 Å². The van der Waals surface area contributed by atoms with Gasteiger partial charge in [0.25, 0.3) is 0 Å². The van der Waals surface area contributed by atoms with Crippen LogP contribution in [-0.4, -0.2) is 10.2 Å². The topological polar surface area (TPSA) is 40.5 Å². The first-order chi connectivity index (χ1) is 10.1. The molecule has 3 aromatic rings. The predicted octanol–water partition coefficient (Wildman–Crippen LogP) is 4.74. The van der Waals surface area contributed by atoms with E-state index < -0.39 is 0 Å². The molecule has 21 heavy (non-hydrogen) atoms. The molecule has 0 saturated heterocycles. The third kappa shape index (κ3) is 2.61. The van der Waals surface area contributed by atoms with Crippen molar-refractivity contribution in [2.24, 2.45) is 0 Å². The van der Waals surface area contributed by atoms with Gasteiger partial charge in [-0.25, -0.2) is 0 Å². The smallest absolute Gasteiger partial charge is 0.123 e. The van der Waals surface area contributed by atoms with E-state index in [-0.39, 0.29) is 11.5 Å². The van der Waals surface area contributed by atoms with Gasteiger partial charge >= 0.3 is 0 Å². The third-order valence-electron chi connectivity index (χ3n) is 3.61. The van der Waals surface area contributed by atoms with Gasteiger partial charge < -0.3 is 10.2 Å². The number of rotatable bonds is 2. The maximum atomic E-state index is 10.00. The van der Waals surface area contributed by atoms with E-state index in [2.05, 4.69) is 0 Å². The van der Waals surface area contributed by atoms with Gasteiger partial charge in [-0.05, 0) is 53.4 Å². The maximum Gasteiger partial charge on any atom is 0.123 e. The van der Waals surface area contributed by atoms with Crippen LogP contribution >= 0.6 is 0 Å². The molecule has 0 spiro atoms. The molecule has 0 atom stereocenters. The Morgan fingerprint density at radius 1 is 0.667 bits per heavy atom. The molecule has 2 N–H and O–H groups in total. The molecule has 0 aromatic heterocycles. The zero-order chi connectivity index (χ0) is 14.8. The van der Waals surface area contributed by atoms with Gasteiger partial charge in [0.1, 0.15) is 11.5 Å². The summed E-state index contributed by atoms with van der Waals surface area (Å²) in [6.45, 7) is 2.04. The monoisotopic (exact) mass is 276 g/mol. The number of phenolic OH excluding ortho intramolecular Hbond substituents is 2. The van der Waals surface area contributed by atoms with Gasteiger partial charge in [-0.15, -0.1) is 0 Å². The van der Waals surface area contributed by atoms with Crippen molar-refractivity contribution in [1.82, 2.24) is 0 Å². The van der Waals surface area contributed by atoms with Gasteiger partial charge in [0.15, 0.2) is 0 Å². The summed E-state index contributed by atoms with van der Waals surface area (Å²) in [5, 5.41) is 19.7. The lowest BCUT2D eigenvalue weighted by Crippen LogP contribution is -1.86. The van der Waals surface area contributed by atoms with Crippen LogP contribution < -0.4 is 0 Å². The fraction of sp³-hybridized carbons (Fsp3) is 0.0526. The number of phenols is 2. The zero-order valence-corrected chi connectivity index (χ0v) is 11.7. The van der Waals surface area contributed by atoms with Crippen LogP contribution in [-0.2, 0) is 0 Å². The Kier molecular flexibility index (Phi) is 3.36. The number of aromatic hydroxyl groups is 2. The highest BCUT2D eigenvalue weighted by atomic mass is 16.3. The molecule has 0 heterocycles. The lowest BCUT2D eigenvalue weighted by Gasteiger charge is -2.11. The fourth-order valence-corrected chi connectivity index (χ4v) is 2.49. The van der Waals surface area contributed by atoms with Crippen LogP contribution in [0.15, 0.2) is 66.7 Å². The van der Waals surface area contributed by atoms with Crippen molar-refractivity contribution < 1.29 is 10.2 Å². The first-order valence-corrected chi connectivity index (χ1v) is 6.83. The summed E-state index contributed by atoms with van der Waals surface area (Å²) in [6, 6.07) is 20.6. The highest BCUT2D eigenvalue weighted by molar-refractivity contribution is 5.78. The molecule has 0 bridgehead atoms. The average Bonchev–Trinajstić information content (AvgIpc) is 2.48. The van der Waals surface area contributed by atoms with Gasteiger partial charge in [0.05, 0.1) is 0 Å². The molecule has 0 saturated carbocycles. The average molecular weight is 276 g/mol. The number of hydrogen-bond acceptors (Lipinski definition) is 2. The molecule has 0 aliphatic heterocycles. The molecule has 0 amide bonds. The minimum absolute atomic E-state index is 0.250. The Balaban J connectivity index is 2.15. The second-order valence-electron chi connectivity index (χ2n) is 5.10. The number of benzene rings is 3. The van der Waals surface area contributed by atoms with Gasteiger partial charge in [-0.2, -0.15) is 0 Å². The van der Waals surface area contributed by atoms with Crippen molar-refractivity contribution in [2.75, 3.05) is 0 Å². The summed E-state index contributed by atoms with van der Waals surface area (Å²) < 4.78 is 0. The largest absolute Gasteiger partial charge is 0.508 e. The summed E-state index contributed by atoms with van der Waals surface area (Å²) in [7, 11) is 0. The van der Waals surface area contributed by atoms with Crippen LogP contribution in [0.2, 0.25) is 0 Å². The second kappa shape index (κ2) is 5.33. The van der Waals surface area contributed by atoms with Crippen molar-refractivity contribution in [2.45, 2.75) is 6.92 Å². The molecule has 0 fully saturated rings. The first-order valence-electron chi connectivity index (χ1n) is 6.83. The van der Waals surface area contributed by atoms with Crippen LogP contribution in [0, 0.1) is 6.92 Å². The second-order valence-corrected chi connectivity index (χ2v) is 5.10. The van der Waals surface area contributed by atoms with E-state index in [1.165, 1.54) is 0 Å². The molecule has 2 nitrogen and oxygen atoms in total. The summed E-state index contributed by atoms with van der Waals surface area (Å²) in [5.74, 6) is 0.517. The van der Waals surface area contributed by atoms with Gasteiger partial charge in [0.2, 0.25) is 0 Å². The predicted molar refractivity (Wildman–Crippen MR) is 85.4 cm³/mol. The molecule has 3 rings (SSSR count). The van der Waals surface area contributed by atoms with Crippen molar-refractivity contribution in [3.63, 3.8) is 0 Å². The van der Waals surface area contributed by atoms with E-state index in [9.17, 15) is 10.2 Å². The van der Waals surface area contributed by atoms with E-state index >= 15 is 0 Å². The lowest BCUT2D eigenvalue weighted by atomic mass is 9.95. The summed E-state index contributed by atoms with van der Waals surface area (Å²) in [6.07, 6.45) is 0. The highest BCUT2D eigenvalue weighted by Gasteiger charge is 2.08. The maximum absolute atomic E-state index is 10.00. The fourth-order valence-electron chi connectivity index (χ4n) is 2.49. The molecule has 0 aliphatic rings. The Hall–Kier alpha value is -2.74. The van der Waals surface area contributed by atoms with Crippen LogP contribution in [0.25, 0.3) is 22.3 Å². The van der Waals surface area contributed by atoms with E-state index in [1.54, 1.807) is 18.2 Å². The Morgan fingerprint density at radius 2 is 1.43 bits per heavy atom. The van der Waals surface area contributed by atoms with Crippen LogP contribution in [0.3, 0.4) is 0 Å². The van der Waals surface area contributed by atoms with Crippen molar-refractivity contribution in [3.8, 4) is 33.8 Å². The van der Waals surface area contributed by atoms with Crippen molar-refractivity contribution in [3.05, 3.63) is 72.3 Å². The van der Waals surface area contributed by atoms with Crippen LogP contribution in [0.4, 0.5) is 0 Å². The lowest BCUT2D eigenvalue weighted by molar-refractivity contribution is 0.475. The highest BCUT2D eigenvalue weighted by Crippen LogP contribution is 2.34. The number of para-hydroxylation sites is 1. The minimum Gasteiger partial charge on any atom is -0.508 e. The van der Waals surface area contributed by atoms with E-state index in [0.29, 0.717) is 0 Å². The van der Waals surface area contributed by atoms with Crippen molar-refractivity contribution in [1.29, 1.82) is 0 Å². The molecule has 2 heteroatoms. The first kappa shape index (κ1) is 13.3. The van der Waals surface area contributed by atoms with E-state index in [0.717, 1.165) is 27.8 Å². The summed E-state index contributed by atoms with van der Waals surface area (Å²) >= 11 is 0. The van der Waals surface area contributed by atoms with Crippen LogP contribution in [0.5, 0.6) is 11.5 Å². The third-order valence-corrected chi connectivity index (χ3v) is 3.61. The summed E-state index contributed by atoms with van der Waals surface area (Å²) in [4.78, 5) is 0. The molecule has 104 valence electrons. The molecule has 3 aromatic carbocycles. The summed E-state index contributed by atoms with van der Waals surface area (Å²) in [5.41, 5.74) is 4.90. The molecular weight excluding hydrogens is 260 g/mol. The molecule has 0 radical (unpaired) electrons. The Bertz CT molecular complexity index is 791. The number of hydrogen-bond donors (Lipinski definition) is 2. The Labute approximate surface area is 123 Å². The van der Waals surface area contributed by atoms with Crippen LogP contribution in [0.1, 0.15) is 5.56 Å². The van der Waals surface area contributed by atoms with E-state index in [1.807, 2.05) is 55.5 Å². The Morgan fingerprint density at radius 3 is 2.19 bits per heavy atom. The molecule has 0 unspecified atom stereocenters. The zero-order valence-electron chi connectivity index (χ0n) is 11.7. The van der Waals surface area contributed by atoms with E-state index in [4.69, 9.17) is 0 Å². The molecule has 0 aliphatic carbocycles. The normalized spacial score (nSPS) is 10.5. The standard InChI is InChI=1S/C19H16O2/c1-13-9-10-15(17-7-2-3-8-19(17)21)12-18(13)14-5-4-6-16(20)11-14/h2-12,20-21H,1H3. The van der Waals surface area contributed by atoms with Gasteiger partial charge in [-0.1, -0.05) is 42.5 Å². The SMILES string of the molecule is Cc1ccc(-c2ccccc2O)cc1-c1cccc(O)c1. The quantitative estimate of drug-likeness (QED) is 0.709. The van der Waals surface area contributed by atoms with Gasteiger partial charge in [0, 0.05) is 5.56 Å².